The lowest BCUT2D eigenvalue weighted by molar-refractivity contribution is 0.188. The minimum absolute atomic E-state index is 0.254. The summed E-state index contributed by atoms with van der Waals surface area (Å²) in [5.74, 6) is 1.61. The van der Waals surface area contributed by atoms with Crippen LogP contribution in [-0.2, 0) is 0 Å². The van der Waals surface area contributed by atoms with Gasteiger partial charge in [0, 0.05) is 12.0 Å². The first-order valence-corrected chi connectivity index (χ1v) is 6.43. The Hall–Kier alpha value is -1.02. The second-order valence-corrected chi connectivity index (χ2v) is 5.91. The van der Waals surface area contributed by atoms with Gasteiger partial charge in [-0.2, -0.15) is 0 Å². The van der Waals surface area contributed by atoms with Gasteiger partial charge in [0.05, 0.1) is 6.61 Å². The van der Waals surface area contributed by atoms with Crippen molar-refractivity contribution in [1.82, 2.24) is 5.32 Å². The molecule has 0 saturated carbocycles. The van der Waals surface area contributed by atoms with Crippen molar-refractivity contribution < 1.29 is 4.74 Å². The van der Waals surface area contributed by atoms with E-state index in [1.807, 2.05) is 6.07 Å². The molecule has 2 unspecified atom stereocenters. The van der Waals surface area contributed by atoms with E-state index in [1.165, 1.54) is 5.56 Å². The third kappa shape index (κ3) is 2.47. The van der Waals surface area contributed by atoms with Crippen molar-refractivity contribution in [2.75, 3.05) is 13.7 Å². The number of fused-ring (bicyclic) bond motifs is 1. The van der Waals surface area contributed by atoms with E-state index in [0.717, 1.165) is 18.8 Å². The molecule has 17 heavy (non-hydrogen) atoms. The zero-order valence-electron chi connectivity index (χ0n) is 11.3. The van der Waals surface area contributed by atoms with E-state index in [2.05, 4.69) is 51.3 Å². The van der Waals surface area contributed by atoms with Gasteiger partial charge in [-0.25, -0.2) is 0 Å². The third-order valence-corrected chi connectivity index (χ3v) is 3.65. The summed E-state index contributed by atoms with van der Waals surface area (Å²) in [6.45, 7) is 7.72. The number of likely N-dealkylation sites (N-methyl/N-ethyl adjacent to an activating group) is 1. The van der Waals surface area contributed by atoms with Gasteiger partial charge in [-0.3, -0.25) is 0 Å². The molecule has 1 N–H and O–H groups in total. The Kier molecular flexibility index (Phi) is 3.43. The molecule has 0 bridgehead atoms. The Balaban J connectivity index is 2.34. The molecule has 2 nitrogen and oxygen atoms in total. The van der Waals surface area contributed by atoms with Gasteiger partial charge < -0.3 is 10.1 Å². The quantitative estimate of drug-likeness (QED) is 0.847. The van der Waals surface area contributed by atoms with Crippen LogP contribution in [0.2, 0.25) is 0 Å². The maximum atomic E-state index is 5.73. The van der Waals surface area contributed by atoms with E-state index in [4.69, 9.17) is 4.74 Å². The van der Waals surface area contributed by atoms with Crippen molar-refractivity contribution in [2.45, 2.75) is 39.2 Å². The number of ether oxygens (including phenoxy) is 1. The first kappa shape index (κ1) is 12.4. The average molecular weight is 233 g/mol. The molecule has 1 aromatic carbocycles. The van der Waals surface area contributed by atoms with Gasteiger partial charge in [0.1, 0.15) is 5.75 Å². The van der Waals surface area contributed by atoms with Crippen LogP contribution in [0, 0.1) is 5.41 Å². The van der Waals surface area contributed by atoms with Gasteiger partial charge in [-0.05, 0) is 30.5 Å². The second-order valence-electron chi connectivity index (χ2n) is 5.91. The lowest BCUT2D eigenvalue weighted by Crippen LogP contribution is -2.44. The summed E-state index contributed by atoms with van der Waals surface area (Å²) >= 11 is 0. The largest absolute Gasteiger partial charge is 0.493 e. The molecular formula is C15H23NO. The number of hydrogen-bond donors (Lipinski definition) is 1. The summed E-state index contributed by atoms with van der Waals surface area (Å²) in [6.07, 6.45) is 1.10. The van der Waals surface area contributed by atoms with Crippen molar-refractivity contribution in [2.24, 2.45) is 5.41 Å². The molecule has 0 saturated heterocycles. The maximum Gasteiger partial charge on any atom is 0.122 e. The van der Waals surface area contributed by atoms with Crippen LogP contribution in [0.4, 0.5) is 0 Å². The minimum atomic E-state index is 0.254. The van der Waals surface area contributed by atoms with E-state index >= 15 is 0 Å². The predicted octanol–water partition coefficient (Wildman–Crippen LogP) is 3.19. The lowest BCUT2D eigenvalue weighted by Gasteiger charge is -2.39. The van der Waals surface area contributed by atoms with Crippen molar-refractivity contribution in [3.05, 3.63) is 29.8 Å². The molecule has 1 aliphatic heterocycles. The molecule has 0 fully saturated rings. The van der Waals surface area contributed by atoms with Gasteiger partial charge in [0.25, 0.3) is 0 Å². The summed E-state index contributed by atoms with van der Waals surface area (Å²) in [4.78, 5) is 0. The van der Waals surface area contributed by atoms with Crippen molar-refractivity contribution in [1.29, 1.82) is 0 Å². The monoisotopic (exact) mass is 233 g/mol. The molecule has 1 aliphatic rings. The molecule has 1 heterocycles. The SMILES string of the molecule is CNC(C1CCOc2ccccc21)C(C)(C)C. The van der Waals surface area contributed by atoms with E-state index in [1.54, 1.807) is 0 Å². The smallest absolute Gasteiger partial charge is 0.122 e. The second kappa shape index (κ2) is 4.69. The highest BCUT2D eigenvalue weighted by atomic mass is 16.5. The van der Waals surface area contributed by atoms with E-state index in [9.17, 15) is 0 Å². The standard InChI is InChI=1S/C15H23NO/c1-15(2,3)14(16-4)12-9-10-17-13-8-6-5-7-11(12)13/h5-8,12,14,16H,9-10H2,1-4H3. The Morgan fingerprint density at radius 3 is 2.65 bits per heavy atom. The summed E-state index contributed by atoms with van der Waals surface area (Å²) in [6, 6.07) is 8.92. The zero-order chi connectivity index (χ0) is 12.5. The normalized spacial score (nSPS) is 21.5. The highest BCUT2D eigenvalue weighted by Crippen LogP contribution is 2.40. The fraction of sp³-hybridized carbons (Fsp3) is 0.600. The Morgan fingerprint density at radius 1 is 1.29 bits per heavy atom. The highest BCUT2D eigenvalue weighted by molar-refractivity contribution is 5.39. The number of nitrogens with one attached hydrogen (secondary N) is 1. The molecule has 2 heteroatoms. The molecule has 0 amide bonds. The van der Waals surface area contributed by atoms with Crippen LogP contribution in [0.3, 0.4) is 0 Å². The molecule has 0 spiro atoms. The molecule has 1 aromatic rings. The minimum Gasteiger partial charge on any atom is -0.493 e. The summed E-state index contributed by atoms with van der Waals surface area (Å²) < 4.78 is 5.73. The number of hydrogen-bond acceptors (Lipinski definition) is 2. The van der Waals surface area contributed by atoms with Gasteiger partial charge in [0.15, 0.2) is 0 Å². The first-order valence-electron chi connectivity index (χ1n) is 6.43. The van der Waals surface area contributed by atoms with Crippen molar-refractivity contribution >= 4 is 0 Å². The average Bonchev–Trinajstić information content (AvgIpc) is 2.28. The highest BCUT2D eigenvalue weighted by Gasteiger charge is 2.34. The molecule has 0 aromatic heterocycles. The zero-order valence-corrected chi connectivity index (χ0v) is 11.3. The van der Waals surface area contributed by atoms with Crippen LogP contribution in [0.5, 0.6) is 5.75 Å². The molecule has 2 rings (SSSR count). The van der Waals surface area contributed by atoms with Gasteiger partial charge in [0.2, 0.25) is 0 Å². The molecule has 0 aliphatic carbocycles. The Bertz CT molecular complexity index is 381. The molecular weight excluding hydrogens is 210 g/mol. The van der Waals surface area contributed by atoms with Crippen LogP contribution < -0.4 is 10.1 Å². The van der Waals surface area contributed by atoms with Crippen molar-refractivity contribution in [3.8, 4) is 5.75 Å². The third-order valence-electron chi connectivity index (χ3n) is 3.65. The molecule has 94 valence electrons. The van der Waals surface area contributed by atoms with Gasteiger partial charge in [-0.15, -0.1) is 0 Å². The number of rotatable bonds is 2. The van der Waals surface area contributed by atoms with Crippen LogP contribution in [0.25, 0.3) is 0 Å². The summed E-state index contributed by atoms with van der Waals surface area (Å²) in [7, 11) is 2.06. The van der Waals surface area contributed by atoms with Crippen LogP contribution in [0.1, 0.15) is 38.7 Å². The number of para-hydroxylation sites is 1. The maximum absolute atomic E-state index is 5.73. The lowest BCUT2D eigenvalue weighted by atomic mass is 9.74. The summed E-state index contributed by atoms with van der Waals surface area (Å²) in [5.41, 5.74) is 1.61. The fourth-order valence-electron chi connectivity index (χ4n) is 2.95. The van der Waals surface area contributed by atoms with Crippen LogP contribution in [0.15, 0.2) is 24.3 Å². The van der Waals surface area contributed by atoms with E-state index < -0.39 is 0 Å². The van der Waals surface area contributed by atoms with Gasteiger partial charge >= 0.3 is 0 Å². The van der Waals surface area contributed by atoms with E-state index in [0.29, 0.717) is 12.0 Å². The Labute approximate surface area is 104 Å². The van der Waals surface area contributed by atoms with Crippen LogP contribution >= 0.6 is 0 Å². The first-order chi connectivity index (χ1) is 8.04. The number of benzene rings is 1. The topological polar surface area (TPSA) is 21.3 Å². The summed E-state index contributed by atoms with van der Waals surface area (Å²) in [5, 5.41) is 3.50. The fourth-order valence-corrected chi connectivity index (χ4v) is 2.95. The Morgan fingerprint density at radius 2 is 2.00 bits per heavy atom. The predicted molar refractivity (Wildman–Crippen MR) is 71.6 cm³/mol. The van der Waals surface area contributed by atoms with Crippen molar-refractivity contribution in [3.63, 3.8) is 0 Å². The molecule has 2 atom stereocenters. The van der Waals surface area contributed by atoms with E-state index in [-0.39, 0.29) is 5.41 Å². The molecule has 0 radical (unpaired) electrons. The van der Waals surface area contributed by atoms with Gasteiger partial charge in [-0.1, -0.05) is 39.0 Å². The van der Waals surface area contributed by atoms with Crippen LogP contribution in [-0.4, -0.2) is 19.7 Å².